The van der Waals surface area contributed by atoms with E-state index in [1.165, 1.54) is 19.0 Å². The van der Waals surface area contributed by atoms with Crippen LogP contribution in [0.3, 0.4) is 0 Å². The van der Waals surface area contributed by atoms with Crippen molar-refractivity contribution >= 4 is 5.97 Å². The number of aryl methyl sites for hydroxylation is 1. The van der Waals surface area contributed by atoms with Crippen LogP contribution in [0.2, 0.25) is 0 Å². The van der Waals surface area contributed by atoms with Crippen molar-refractivity contribution in [3.63, 3.8) is 0 Å². The Morgan fingerprint density at radius 1 is 1.52 bits per heavy atom. The Bertz CT molecular complexity index is 478. The lowest BCUT2D eigenvalue weighted by Crippen LogP contribution is -2.39. The van der Waals surface area contributed by atoms with Gasteiger partial charge in [-0.25, -0.2) is 4.79 Å². The normalized spacial score (nSPS) is 16.8. The van der Waals surface area contributed by atoms with Crippen molar-refractivity contribution in [2.24, 2.45) is 13.0 Å². The first-order valence-corrected chi connectivity index (χ1v) is 7.68. The lowest BCUT2D eigenvalue weighted by atomic mass is 9.97. The summed E-state index contributed by atoms with van der Waals surface area (Å²) in [5.41, 5.74) is 1.10. The Morgan fingerprint density at radius 3 is 2.76 bits per heavy atom. The van der Waals surface area contributed by atoms with E-state index in [1.54, 1.807) is 4.68 Å². The van der Waals surface area contributed by atoms with Crippen LogP contribution in [0, 0.1) is 5.92 Å². The van der Waals surface area contributed by atoms with Gasteiger partial charge in [0.2, 0.25) is 0 Å². The van der Waals surface area contributed by atoms with E-state index in [2.05, 4.69) is 29.2 Å². The summed E-state index contributed by atoms with van der Waals surface area (Å²) in [7, 11) is 1.81. The van der Waals surface area contributed by atoms with Crippen LogP contribution in [0.4, 0.5) is 0 Å². The average Bonchev–Trinajstić information content (AvgIpc) is 2.80. The summed E-state index contributed by atoms with van der Waals surface area (Å²) in [5, 5.41) is 16.8. The smallest absolute Gasteiger partial charge is 0.339 e. The predicted molar refractivity (Wildman–Crippen MR) is 81.3 cm³/mol. The van der Waals surface area contributed by atoms with Crippen molar-refractivity contribution in [2.75, 3.05) is 19.6 Å². The highest BCUT2D eigenvalue weighted by Crippen LogP contribution is 2.19. The zero-order chi connectivity index (χ0) is 15.4. The van der Waals surface area contributed by atoms with Crippen LogP contribution in [0.15, 0.2) is 6.20 Å². The second-order valence-electron chi connectivity index (χ2n) is 6.15. The third kappa shape index (κ3) is 4.04. The molecule has 0 radical (unpaired) electrons. The van der Waals surface area contributed by atoms with Crippen molar-refractivity contribution in [3.8, 4) is 0 Å². The zero-order valence-corrected chi connectivity index (χ0v) is 13.2. The van der Waals surface area contributed by atoms with Gasteiger partial charge in [-0.05, 0) is 45.7 Å². The second-order valence-corrected chi connectivity index (χ2v) is 6.15. The second kappa shape index (κ2) is 7.04. The van der Waals surface area contributed by atoms with Gasteiger partial charge in [-0.15, -0.1) is 0 Å². The van der Waals surface area contributed by atoms with Gasteiger partial charge in [-0.2, -0.15) is 5.10 Å². The molecule has 0 aromatic carbocycles. The van der Waals surface area contributed by atoms with Crippen LogP contribution in [-0.4, -0.2) is 51.4 Å². The number of carbonyl (C=O) groups is 1. The van der Waals surface area contributed by atoms with Gasteiger partial charge < -0.3 is 10.4 Å². The standard InChI is InChI=1S/C15H26N4O2/c1-11(2)19(9-12-4-6-16-7-5-12)10-14-13(15(20)21)8-17-18(14)3/h8,11-12,16H,4-7,9-10H2,1-3H3,(H,20,21). The van der Waals surface area contributed by atoms with Crippen molar-refractivity contribution in [1.82, 2.24) is 20.0 Å². The fourth-order valence-corrected chi connectivity index (χ4v) is 2.88. The van der Waals surface area contributed by atoms with Crippen molar-refractivity contribution in [2.45, 2.75) is 39.3 Å². The molecule has 0 spiro atoms. The number of hydrogen-bond donors (Lipinski definition) is 2. The molecule has 21 heavy (non-hydrogen) atoms. The summed E-state index contributed by atoms with van der Waals surface area (Å²) in [6.07, 6.45) is 3.83. The number of aromatic carboxylic acids is 1. The number of nitrogens with zero attached hydrogens (tertiary/aromatic N) is 3. The molecular formula is C15H26N4O2. The number of piperidine rings is 1. The summed E-state index contributed by atoms with van der Waals surface area (Å²) in [5.74, 6) is -0.209. The summed E-state index contributed by atoms with van der Waals surface area (Å²) >= 11 is 0. The van der Waals surface area contributed by atoms with Crippen LogP contribution < -0.4 is 5.32 Å². The molecular weight excluding hydrogens is 268 g/mol. The molecule has 2 N–H and O–H groups in total. The van der Waals surface area contributed by atoms with E-state index in [0.29, 0.717) is 24.1 Å². The van der Waals surface area contributed by atoms with E-state index in [1.807, 2.05) is 7.05 Å². The van der Waals surface area contributed by atoms with Crippen LogP contribution >= 0.6 is 0 Å². The number of aromatic nitrogens is 2. The number of carboxylic acids is 1. The number of carboxylic acid groups (broad SMARTS) is 1. The number of nitrogens with one attached hydrogen (secondary N) is 1. The maximum atomic E-state index is 11.3. The zero-order valence-electron chi connectivity index (χ0n) is 13.2. The maximum Gasteiger partial charge on any atom is 0.339 e. The van der Waals surface area contributed by atoms with Gasteiger partial charge >= 0.3 is 5.97 Å². The molecule has 6 heteroatoms. The van der Waals surface area contributed by atoms with Crippen molar-refractivity contribution in [3.05, 3.63) is 17.5 Å². The highest BCUT2D eigenvalue weighted by atomic mass is 16.4. The molecule has 1 aromatic rings. The molecule has 0 aliphatic carbocycles. The molecule has 1 aliphatic rings. The fraction of sp³-hybridized carbons (Fsp3) is 0.733. The van der Waals surface area contributed by atoms with E-state index in [0.717, 1.165) is 25.3 Å². The van der Waals surface area contributed by atoms with Gasteiger partial charge in [0.25, 0.3) is 0 Å². The Balaban J connectivity index is 2.09. The van der Waals surface area contributed by atoms with E-state index in [-0.39, 0.29) is 0 Å². The van der Waals surface area contributed by atoms with Crippen molar-refractivity contribution in [1.29, 1.82) is 0 Å². The molecule has 1 aromatic heterocycles. The number of hydrogen-bond acceptors (Lipinski definition) is 4. The fourth-order valence-electron chi connectivity index (χ4n) is 2.88. The highest BCUT2D eigenvalue weighted by molar-refractivity contribution is 5.88. The predicted octanol–water partition coefficient (Wildman–Crippen LogP) is 1.33. The van der Waals surface area contributed by atoms with Crippen LogP contribution in [0.1, 0.15) is 42.7 Å². The molecule has 0 amide bonds. The minimum atomic E-state index is -0.899. The van der Waals surface area contributed by atoms with E-state index in [9.17, 15) is 9.90 Å². The summed E-state index contributed by atoms with van der Waals surface area (Å²) in [6.45, 7) is 8.16. The monoisotopic (exact) mass is 294 g/mol. The molecule has 1 saturated heterocycles. The lowest BCUT2D eigenvalue weighted by Gasteiger charge is -2.32. The Hall–Kier alpha value is -1.40. The molecule has 0 atom stereocenters. The van der Waals surface area contributed by atoms with Gasteiger partial charge in [-0.1, -0.05) is 0 Å². The molecule has 1 fully saturated rings. The third-order valence-corrected chi connectivity index (χ3v) is 4.33. The molecule has 0 bridgehead atoms. The average molecular weight is 294 g/mol. The van der Waals surface area contributed by atoms with Crippen LogP contribution in [-0.2, 0) is 13.6 Å². The molecule has 118 valence electrons. The first-order chi connectivity index (χ1) is 9.99. The van der Waals surface area contributed by atoms with E-state index in [4.69, 9.17) is 0 Å². The van der Waals surface area contributed by atoms with E-state index < -0.39 is 5.97 Å². The summed E-state index contributed by atoms with van der Waals surface area (Å²) in [6, 6.07) is 0.386. The largest absolute Gasteiger partial charge is 0.478 e. The van der Waals surface area contributed by atoms with Gasteiger partial charge in [0.05, 0.1) is 11.9 Å². The van der Waals surface area contributed by atoms with Gasteiger partial charge in [0.1, 0.15) is 5.56 Å². The molecule has 6 nitrogen and oxygen atoms in total. The van der Waals surface area contributed by atoms with Crippen LogP contribution in [0.25, 0.3) is 0 Å². The summed E-state index contributed by atoms with van der Waals surface area (Å²) in [4.78, 5) is 13.7. The Kier molecular flexibility index (Phi) is 5.36. The quantitative estimate of drug-likeness (QED) is 0.828. The molecule has 2 heterocycles. The van der Waals surface area contributed by atoms with Gasteiger partial charge in [0.15, 0.2) is 0 Å². The Labute approximate surface area is 126 Å². The minimum Gasteiger partial charge on any atom is -0.478 e. The molecule has 1 aliphatic heterocycles. The minimum absolute atomic E-state index is 0.313. The van der Waals surface area contributed by atoms with Gasteiger partial charge in [0, 0.05) is 26.2 Å². The molecule has 2 rings (SSSR count). The topological polar surface area (TPSA) is 70.4 Å². The maximum absolute atomic E-state index is 11.3. The lowest BCUT2D eigenvalue weighted by molar-refractivity contribution is 0.0692. The summed E-state index contributed by atoms with van der Waals surface area (Å²) < 4.78 is 1.68. The molecule has 0 unspecified atom stereocenters. The van der Waals surface area contributed by atoms with E-state index >= 15 is 0 Å². The Morgan fingerprint density at radius 2 is 2.19 bits per heavy atom. The highest BCUT2D eigenvalue weighted by Gasteiger charge is 2.23. The van der Waals surface area contributed by atoms with Crippen molar-refractivity contribution < 1.29 is 9.90 Å². The SMILES string of the molecule is CC(C)N(Cc1c(C(=O)O)cnn1C)CC1CCNCC1. The number of rotatable bonds is 6. The first kappa shape index (κ1) is 16.0. The third-order valence-electron chi connectivity index (χ3n) is 4.33. The van der Waals surface area contributed by atoms with Crippen LogP contribution in [0.5, 0.6) is 0 Å². The van der Waals surface area contributed by atoms with Gasteiger partial charge in [-0.3, -0.25) is 9.58 Å². The first-order valence-electron chi connectivity index (χ1n) is 7.68. The molecule has 0 saturated carbocycles.